The molecule has 2 heterocycles. The predicted molar refractivity (Wildman–Crippen MR) is 138 cm³/mol. The van der Waals surface area contributed by atoms with Gasteiger partial charge >= 0.3 is 0 Å². The van der Waals surface area contributed by atoms with E-state index in [1.807, 2.05) is 84.9 Å². The zero-order valence-corrected chi connectivity index (χ0v) is 19.2. The van der Waals surface area contributed by atoms with E-state index >= 15 is 0 Å². The molecule has 3 N–H and O–H groups in total. The van der Waals surface area contributed by atoms with E-state index in [9.17, 15) is 4.79 Å². The monoisotopic (exact) mass is 469 g/mol. The highest BCUT2D eigenvalue weighted by Crippen LogP contribution is 2.41. The molecular weight excluding hydrogens is 450 g/mol. The van der Waals surface area contributed by atoms with Crippen molar-refractivity contribution < 1.29 is 4.79 Å². The zero-order chi connectivity index (χ0) is 22.8. The number of nitrogens with two attached hydrogens (primary N) is 1. The molecule has 0 spiro atoms. The number of fused-ring (bicyclic) bond motifs is 1. The van der Waals surface area contributed by atoms with Crippen molar-refractivity contribution in [1.29, 1.82) is 0 Å². The third-order valence-corrected chi connectivity index (χ3v) is 6.92. The normalized spacial score (nSPS) is 10.9. The fraction of sp³-hybridized carbons (Fsp3) is 0.0370. The minimum absolute atomic E-state index is 0.240. The SMILES string of the molecule is Nc1c(C(=O)NCc2ccccc2Cl)sc2nc(-c3ccccc3)cc(-c3ccccc3)c12. The first-order valence-electron chi connectivity index (χ1n) is 10.5. The summed E-state index contributed by atoms with van der Waals surface area (Å²) in [7, 11) is 0. The van der Waals surface area contributed by atoms with E-state index in [0.29, 0.717) is 22.1 Å². The molecule has 0 aliphatic heterocycles. The van der Waals surface area contributed by atoms with Crippen LogP contribution in [0.1, 0.15) is 15.2 Å². The van der Waals surface area contributed by atoms with Crippen molar-refractivity contribution in [3.8, 4) is 22.4 Å². The highest BCUT2D eigenvalue weighted by molar-refractivity contribution is 7.21. The molecule has 0 atom stereocenters. The lowest BCUT2D eigenvalue weighted by molar-refractivity contribution is 0.0956. The van der Waals surface area contributed by atoms with Crippen LogP contribution in [-0.4, -0.2) is 10.9 Å². The van der Waals surface area contributed by atoms with E-state index in [0.717, 1.165) is 38.2 Å². The summed E-state index contributed by atoms with van der Waals surface area (Å²) in [5, 5.41) is 4.36. The number of halogens is 1. The topological polar surface area (TPSA) is 68.0 Å². The van der Waals surface area contributed by atoms with Gasteiger partial charge in [0.15, 0.2) is 0 Å². The molecule has 0 fully saturated rings. The maximum Gasteiger partial charge on any atom is 0.263 e. The Balaban J connectivity index is 1.59. The molecule has 0 saturated heterocycles. The second-order valence-corrected chi connectivity index (χ2v) is 8.99. The van der Waals surface area contributed by atoms with Crippen molar-refractivity contribution >= 4 is 44.7 Å². The van der Waals surface area contributed by atoms with Crippen molar-refractivity contribution in [2.45, 2.75) is 6.54 Å². The minimum atomic E-state index is -0.240. The number of aromatic nitrogens is 1. The highest BCUT2D eigenvalue weighted by Gasteiger charge is 2.21. The Hall–Kier alpha value is -3.67. The quantitative estimate of drug-likeness (QED) is 0.297. The fourth-order valence-corrected chi connectivity index (χ4v) is 5.03. The van der Waals surface area contributed by atoms with Gasteiger partial charge in [0, 0.05) is 22.5 Å². The van der Waals surface area contributed by atoms with E-state index in [4.69, 9.17) is 22.3 Å². The van der Waals surface area contributed by atoms with E-state index in [1.165, 1.54) is 11.3 Å². The summed E-state index contributed by atoms with van der Waals surface area (Å²) in [6, 6.07) is 29.5. The third-order valence-electron chi connectivity index (χ3n) is 5.46. The summed E-state index contributed by atoms with van der Waals surface area (Å²) in [6.07, 6.45) is 0. The van der Waals surface area contributed by atoms with E-state index < -0.39 is 0 Å². The van der Waals surface area contributed by atoms with E-state index in [2.05, 4.69) is 5.32 Å². The van der Waals surface area contributed by atoms with Gasteiger partial charge in [-0.1, -0.05) is 90.5 Å². The van der Waals surface area contributed by atoms with Crippen molar-refractivity contribution in [3.05, 3.63) is 106 Å². The second-order valence-electron chi connectivity index (χ2n) is 7.59. The minimum Gasteiger partial charge on any atom is -0.397 e. The Labute approximate surface area is 200 Å². The predicted octanol–water partition coefficient (Wildman–Crippen LogP) is 6.80. The Bertz CT molecular complexity index is 1450. The first-order valence-corrected chi connectivity index (χ1v) is 11.7. The van der Waals surface area contributed by atoms with Gasteiger partial charge in [-0.2, -0.15) is 0 Å². The van der Waals surface area contributed by atoms with Crippen LogP contribution in [0.3, 0.4) is 0 Å². The Kier molecular flexibility index (Phi) is 5.82. The van der Waals surface area contributed by atoms with Gasteiger partial charge in [-0.05, 0) is 28.8 Å². The molecule has 1 amide bonds. The third kappa shape index (κ3) is 4.21. The van der Waals surface area contributed by atoms with Crippen LogP contribution in [0, 0.1) is 0 Å². The molecule has 0 aliphatic carbocycles. The summed E-state index contributed by atoms with van der Waals surface area (Å²) in [5.74, 6) is -0.240. The van der Waals surface area contributed by atoms with Gasteiger partial charge in [0.25, 0.3) is 5.91 Å². The number of amides is 1. The smallest absolute Gasteiger partial charge is 0.263 e. The zero-order valence-electron chi connectivity index (χ0n) is 17.6. The van der Waals surface area contributed by atoms with Gasteiger partial charge in [0.1, 0.15) is 9.71 Å². The Morgan fingerprint density at radius 1 is 0.909 bits per heavy atom. The van der Waals surface area contributed by atoms with Crippen LogP contribution in [0.5, 0.6) is 0 Å². The average molecular weight is 470 g/mol. The molecule has 3 aromatic carbocycles. The number of carbonyl (C=O) groups is 1. The number of nitrogens with zero attached hydrogens (tertiary/aromatic N) is 1. The van der Waals surface area contributed by atoms with Crippen LogP contribution in [-0.2, 0) is 6.54 Å². The van der Waals surface area contributed by atoms with Gasteiger partial charge in [-0.15, -0.1) is 11.3 Å². The van der Waals surface area contributed by atoms with Crippen molar-refractivity contribution in [2.24, 2.45) is 0 Å². The summed E-state index contributed by atoms with van der Waals surface area (Å²) < 4.78 is 0. The van der Waals surface area contributed by atoms with Crippen LogP contribution in [0.4, 0.5) is 5.69 Å². The number of thiophene rings is 1. The number of nitrogens with one attached hydrogen (secondary N) is 1. The molecule has 5 aromatic rings. The molecule has 5 rings (SSSR count). The van der Waals surface area contributed by atoms with Gasteiger partial charge < -0.3 is 11.1 Å². The summed E-state index contributed by atoms with van der Waals surface area (Å²) in [4.78, 5) is 19.1. The summed E-state index contributed by atoms with van der Waals surface area (Å²) in [5.41, 5.74) is 11.7. The molecule has 0 saturated carbocycles. The van der Waals surface area contributed by atoms with Crippen LogP contribution in [0.15, 0.2) is 91.0 Å². The number of nitrogen functional groups attached to an aromatic ring is 1. The van der Waals surface area contributed by atoms with Crippen LogP contribution in [0.2, 0.25) is 5.02 Å². The lowest BCUT2D eigenvalue weighted by Crippen LogP contribution is -2.22. The van der Waals surface area contributed by atoms with E-state index in [-0.39, 0.29) is 5.91 Å². The number of hydrogen-bond acceptors (Lipinski definition) is 4. The molecule has 0 aliphatic rings. The number of carbonyl (C=O) groups excluding carboxylic acids is 1. The standard InChI is InChI=1S/C27H20ClN3OS/c28-21-14-8-7-13-19(21)16-30-26(32)25-24(29)23-20(17-9-3-1-4-10-17)15-22(31-27(23)33-25)18-11-5-2-6-12-18/h1-15H,16,29H2,(H,30,32). The van der Waals surface area contributed by atoms with Crippen LogP contribution in [0.25, 0.3) is 32.6 Å². The molecule has 4 nitrogen and oxygen atoms in total. The molecule has 0 radical (unpaired) electrons. The van der Waals surface area contributed by atoms with Gasteiger partial charge in [0.2, 0.25) is 0 Å². The molecule has 6 heteroatoms. The first-order chi connectivity index (χ1) is 16.1. The summed E-state index contributed by atoms with van der Waals surface area (Å²) in [6.45, 7) is 0.320. The lowest BCUT2D eigenvalue weighted by Gasteiger charge is -2.09. The number of pyridine rings is 1. The summed E-state index contributed by atoms with van der Waals surface area (Å²) >= 11 is 7.54. The Morgan fingerprint density at radius 2 is 1.55 bits per heavy atom. The van der Waals surface area contributed by atoms with Gasteiger partial charge in [-0.25, -0.2) is 4.98 Å². The number of benzene rings is 3. The van der Waals surface area contributed by atoms with E-state index in [1.54, 1.807) is 6.07 Å². The highest BCUT2D eigenvalue weighted by atomic mass is 35.5. The Morgan fingerprint density at radius 3 is 2.24 bits per heavy atom. The number of anilines is 1. The molecule has 33 heavy (non-hydrogen) atoms. The van der Waals surface area contributed by atoms with Crippen molar-refractivity contribution in [1.82, 2.24) is 10.3 Å². The van der Waals surface area contributed by atoms with Gasteiger partial charge in [0.05, 0.1) is 11.4 Å². The number of rotatable bonds is 5. The second kappa shape index (κ2) is 9.06. The van der Waals surface area contributed by atoms with Crippen molar-refractivity contribution in [3.63, 3.8) is 0 Å². The largest absolute Gasteiger partial charge is 0.397 e. The number of hydrogen-bond donors (Lipinski definition) is 2. The molecule has 2 aromatic heterocycles. The maximum atomic E-state index is 13.1. The maximum absolute atomic E-state index is 13.1. The molecular formula is C27H20ClN3OS. The molecule has 0 bridgehead atoms. The fourth-order valence-electron chi connectivity index (χ4n) is 3.79. The molecule has 0 unspecified atom stereocenters. The molecule has 162 valence electrons. The lowest BCUT2D eigenvalue weighted by atomic mass is 9.99. The van der Waals surface area contributed by atoms with Crippen LogP contribution < -0.4 is 11.1 Å². The van der Waals surface area contributed by atoms with Gasteiger partial charge in [-0.3, -0.25) is 4.79 Å². The average Bonchev–Trinajstić information content (AvgIpc) is 3.20. The van der Waals surface area contributed by atoms with Crippen molar-refractivity contribution in [2.75, 3.05) is 5.73 Å². The van der Waals surface area contributed by atoms with Crippen LogP contribution >= 0.6 is 22.9 Å². The first kappa shape index (κ1) is 21.2.